The fourth-order valence-corrected chi connectivity index (χ4v) is 1.50. The van der Waals surface area contributed by atoms with E-state index in [-0.39, 0.29) is 19.1 Å². The Hall–Kier alpha value is -1.57. The highest BCUT2D eigenvalue weighted by atomic mass is 19.4. The summed E-state index contributed by atoms with van der Waals surface area (Å²) in [5, 5.41) is 6.69. The van der Waals surface area contributed by atoms with Gasteiger partial charge in [0.1, 0.15) is 12.4 Å². The molecule has 1 aromatic heterocycles. The fourth-order valence-electron chi connectivity index (χ4n) is 1.50. The first-order valence-electron chi connectivity index (χ1n) is 6.31. The molecule has 1 atom stereocenters. The predicted molar refractivity (Wildman–Crippen MR) is 67.3 cm³/mol. The van der Waals surface area contributed by atoms with Gasteiger partial charge in [0.15, 0.2) is 0 Å². The maximum atomic E-state index is 11.8. The first-order valence-corrected chi connectivity index (χ1v) is 6.31. The quantitative estimate of drug-likeness (QED) is 0.786. The normalized spacial score (nSPS) is 13.2. The van der Waals surface area contributed by atoms with Gasteiger partial charge in [-0.05, 0) is 13.3 Å². The van der Waals surface area contributed by atoms with Crippen LogP contribution >= 0.6 is 0 Å². The summed E-state index contributed by atoms with van der Waals surface area (Å²) in [5.74, 6) is 0.123. The van der Waals surface area contributed by atoms with Crippen LogP contribution < -0.4 is 5.32 Å². The van der Waals surface area contributed by atoms with Crippen molar-refractivity contribution >= 4 is 11.7 Å². The van der Waals surface area contributed by atoms with E-state index in [2.05, 4.69) is 15.2 Å². The van der Waals surface area contributed by atoms with Gasteiger partial charge >= 0.3 is 6.18 Å². The van der Waals surface area contributed by atoms with Crippen molar-refractivity contribution in [3.63, 3.8) is 0 Å². The zero-order chi connectivity index (χ0) is 15.2. The first kappa shape index (κ1) is 16.5. The molecule has 114 valence electrons. The van der Waals surface area contributed by atoms with Crippen LogP contribution in [0.3, 0.4) is 0 Å². The van der Waals surface area contributed by atoms with Gasteiger partial charge in [0.2, 0.25) is 5.91 Å². The number of halogens is 3. The van der Waals surface area contributed by atoms with E-state index in [1.807, 2.05) is 13.8 Å². The molecule has 1 amide bonds. The molecule has 1 aromatic rings. The van der Waals surface area contributed by atoms with E-state index in [1.54, 1.807) is 16.9 Å². The number of aromatic nitrogens is 2. The molecule has 1 unspecified atom stereocenters. The smallest absolute Gasteiger partial charge is 0.372 e. The number of hydrogen-bond donors (Lipinski definition) is 1. The molecule has 0 aliphatic heterocycles. The Morgan fingerprint density at radius 2 is 2.25 bits per heavy atom. The van der Waals surface area contributed by atoms with Crippen LogP contribution in [0.5, 0.6) is 0 Å². The van der Waals surface area contributed by atoms with Gasteiger partial charge in [-0.15, -0.1) is 0 Å². The predicted octanol–water partition coefficient (Wildman–Crippen LogP) is 2.76. The molecule has 5 nitrogen and oxygen atoms in total. The third kappa shape index (κ3) is 5.60. The third-order valence-electron chi connectivity index (χ3n) is 2.69. The summed E-state index contributed by atoms with van der Waals surface area (Å²) in [6.07, 6.45) is -2.10. The number of ether oxygens (including phenoxy) is 1. The highest BCUT2D eigenvalue weighted by Gasteiger charge is 2.27. The summed E-state index contributed by atoms with van der Waals surface area (Å²) in [6.45, 7) is 2.33. The topological polar surface area (TPSA) is 56.2 Å². The van der Waals surface area contributed by atoms with E-state index in [0.717, 1.165) is 6.42 Å². The second kappa shape index (κ2) is 7.28. The molecule has 0 aliphatic carbocycles. The number of carbonyl (C=O) groups excluding carboxylic acids is 1. The second-order valence-electron chi connectivity index (χ2n) is 4.38. The average Bonchev–Trinajstić information content (AvgIpc) is 2.80. The Labute approximate surface area is 115 Å². The van der Waals surface area contributed by atoms with Crippen LogP contribution in [-0.2, 0) is 9.53 Å². The van der Waals surface area contributed by atoms with Gasteiger partial charge in [-0.25, -0.2) is 4.68 Å². The van der Waals surface area contributed by atoms with Crippen LogP contribution in [-0.4, -0.2) is 35.1 Å². The van der Waals surface area contributed by atoms with E-state index in [0.29, 0.717) is 5.82 Å². The van der Waals surface area contributed by atoms with Crippen molar-refractivity contribution in [1.82, 2.24) is 9.78 Å². The minimum atomic E-state index is -4.37. The van der Waals surface area contributed by atoms with Gasteiger partial charge in [0.25, 0.3) is 0 Å². The zero-order valence-corrected chi connectivity index (χ0v) is 11.4. The molecule has 1 N–H and O–H groups in total. The summed E-state index contributed by atoms with van der Waals surface area (Å²) in [4.78, 5) is 11.6. The van der Waals surface area contributed by atoms with Crippen molar-refractivity contribution in [2.24, 2.45) is 0 Å². The number of rotatable bonds is 7. The van der Waals surface area contributed by atoms with Crippen LogP contribution in [0.2, 0.25) is 0 Å². The Bertz CT molecular complexity index is 432. The molecular formula is C12H18F3N3O2. The number of anilines is 1. The number of nitrogens with one attached hydrogen (secondary N) is 1. The van der Waals surface area contributed by atoms with E-state index in [9.17, 15) is 18.0 Å². The zero-order valence-electron chi connectivity index (χ0n) is 11.4. The van der Waals surface area contributed by atoms with Crippen LogP contribution in [0.25, 0.3) is 0 Å². The molecule has 1 rings (SSSR count). The molecule has 0 saturated carbocycles. The van der Waals surface area contributed by atoms with Crippen molar-refractivity contribution in [3.05, 3.63) is 12.3 Å². The average molecular weight is 293 g/mol. The minimum Gasteiger partial charge on any atom is -0.372 e. The van der Waals surface area contributed by atoms with Crippen LogP contribution in [0.1, 0.15) is 32.7 Å². The molecule has 8 heteroatoms. The molecule has 0 saturated heterocycles. The van der Waals surface area contributed by atoms with Crippen molar-refractivity contribution in [3.8, 4) is 0 Å². The van der Waals surface area contributed by atoms with Gasteiger partial charge in [-0.1, -0.05) is 6.92 Å². The Balaban J connectivity index is 2.38. The van der Waals surface area contributed by atoms with Crippen LogP contribution in [0.15, 0.2) is 12.3 Å². The summed E-state index contributed by atoms with van der Waals surface area (Å²) < 4.78 is 41.5. The maximum Gasteiger partial charge on any atom is 0.411 e. The fraction of sp³-hybridized carbons (Fsp3) is 0.667. The molecule has 0 spiro atoms. The lowest BCUT2D eigenvalue weighted by molar-refractivity contribution is -0.174. The molecule has 0 fully saturated rings. The van der Waals surface area contributed by atoms with Gasteiger partial charge in [-0.3, -0.25) is 4.79 Å². The number of nitrogens with zero attached hydrogens (tertiary/aromatic N) is 2. The Kier molecular flexibility index (Phi) is 6.00. The maximum absolute atomic E-state index is 11.8. The summed E-state index contributed by atoms with van der Waals surface area (Å²) in [6, 6.07) is 1.77. The molecule has 20 heavy (non-hydrogen) atoms. The highest BCUT2D eigenvalue weighted by molar-refractivity contribution is 5.89. The molecule has 0 bridgehead atoms. The van der Waals surface area contributed by atoms with Crippen molar-refractivity contribution < 1.29 is 22.7 Å². The van der Waals surface area contributed by atoms with E-state index < -0.39 is 18.7 Å². The van der Waals surface area contributed by atoms with Gasteiger partial charge < -0.3 is 10.1 Å². The summed E-state index contributed by atoms with van der Waals surface area (Å²) in [5.41, 5.74) is 0. The van der Waals surface area contributed by atoms with E-state index in [4.69, 9.17) is 0 Å². The first-order chi connectivity index (χ1) is 9.33. The van der Waals surface area contributed by atoms with E-state index >= 15 is 0 Å². The van der Waals surface area contributed by atoms with Gasteiger partial charge in [-0.2, -0.15) is 18.3 Å². The van der Waals surface area contributed by atoms with Gasteiger partial charge in [0.05, 0.1) is 25.3 Å². The molecule has 0 aromatic carbocycles. The van der Waals surface area contributed by atoms with E-state index in [1.165, 1.54) is 0 Å². The Morgan fingerprint density at radius 1 is 1.55 bits per heavy atom. The molecule has 0 aliphatic rings. The number of alkyl halides is 3. The van der Waals surface area contributed by atoms with Gasteiger partial charge in [0, 0.05) is 6.07 Å². The molecule has 0 radical (unpaired) electrons. The molecule has 1 heterocycles. The second-order valence-corrected chi connectivity index (χ2v) is 4.38. The van der Waals surface area contributed by atoms with Crippen LogP contribution in [0.4, 0.5) is 19.0 Å². The summed E-state index contributed by atoms with van der Waals surface area (Å²) >= 11 is 0. The SMILES string of the molecule is CCC(C)n1nccc1NC(=O)CCOCC(F)(F)F. The minimum absolute atomic E-state index is 0.127. The number of amides is 1. The van der Waals surface area contributed by atoms with Crippen molar-refractivity contribution in [1.29, 1.82) is 0 Å². The number of hydrogen-bond acceptors (Lipinski definition) is 3. The standard InChI is InChI=1S/C12H18F3N3O2/c1-3-9(2)18-10(4-6-16-18)17-11(19)5-7-20-8-12(13,14)15/h4,6,9H,3,5,7-8H2,1-2H3,(H,17,19). The largest absolute Gasteiger partial charge is 0.411 e. The van der Waals surface area contributed by atoms with Crippen LogP contribution in [0, 0.1) is 0 Å². The Morgan fingerprint density at radius 3 is 2.85 bits per heavy atom. The summed E-state index contributed by atoms with van der Waals surface area (Å²) in [7, 11) is 0. The monoisotopic (exact) mass is 293 g/mol. The lowest BCUT2D eigenvalue weighted by atomic mass is 10.3. The highest BCUT2D eigenvalue weighted by Crippen LogP contribution is 2.17. The third-order valence-corrected chi connectivity index (χ3v) is 2.69. The lowest BCUT2D eigenvalue weighted by Gasteiger charge is -2.14. The van der Waals surface area contributed by atoms with Crippen molar-refractivity contribution in [2.75, 3.05) is 18.5 Å². The van der Waals surface area contributed by atoms with Crippen molar-refractivity contribution in [2.45, 2.75) is 38.9 Å². The lowest BCUT2D eigenvalue weighted by Crippen LogP contribution is -2.21. The molecular weight excluding hydrogens is 275 g/mol. The number of carbonyl (C=O) groups is 1.